The minimum atomic E-state index is -0.192. The van der Waals surface area contributed by atoms with E-state index in [-0.39, 0.29) is 17.0 Å². The molecule has 1 aliphatic rings. The SMILES string of the molecule is C=CCOc1ccc(N=CC2=C(O)CC(C)(C)CC2=O)cc1. The number of aliphatic imine (C=N–C) groups is 1. The third-order valence-corrected chi connectivity index (χ3v) is 3.44. The number of ketones is 1. The molecule has 4 nitrogen and oxygen atoms in total. The molecule has 1 aromatic carbocycles. The third-order valence-electron chi connectivity index (χ3n) is 3.44. The van der Waals surface area contributed by atoms with E-state index in [1.54, 1.807) is 30.3 Å². The number of aliphatic hydroxyl groups is 1. The lowest BCUT2D eigenvalue weighted by atomic mass is 9.77. The molecule has 1 aromatic rings. The lowest BCUT2D eigenvalue weighted by Crippen LogP contribution is -2.26. The van der Waals surface area contributed by atoms with Gasteiger partial charge in [0.2, 0.25) is 0 Å². The van der Waals surface area contributed by atoms with Crippen LogP contribution in [0.25, 0.3) is 0 Å². The van der Waals surface area contributed by atoms with Gasteiger partial charge in [-0.05, 0) is 29.7 Å². The Kier molecular flexibility index (Phi) is 4.81. The summed E-state index contributed by atoms with van der Waals surface area (Å²) in [6.07, 6.45) is 4.05. The van der Waals surface area contributed by atoms with Gasteiger partial charge in [0.05, 0.1) is 11.3 Å². The first-order valence-corrected chi connectivity index (χ1v) is 7.24. The third kappa shape index (κ3) is 4.07. The van der Waals surface area contributed by atoms with Crippen LogP contribution in [0.1, 0.15) is 26.7 Å². The highest BCUT2D eigenvalue weighted by molar-refractivity contribution is 6.14. The molecule has 0 atom stereocenters. The fourth-order valence-corrected chi connectivity index (χ4v) is 2.37. The Bertz CT molecular complexity index is 624. The van der Waals surface area contributed by atoms with Crippen molar-refractivity contribution in [3.8, 4) is 5.75 Å². The van der Waals surface area contributed by atoms with Crippen LogP contribution in [0.2, 0.25) is 0 Å². The van der Waals surface area contributed by atoms with Crippen molar-refractivity contribution in [2.75, 3.05) is 6.61 Å². The van der Waals surface area contributed by atoms with Gasteiger partial charge in [0.1, 0.15) is 18.1 Å². The van der Waals surface area contributed by atoms with Gasteiger partial charge in [-0.15, -0.1) is 0 Å². The smallest absolute Gasteiger partial charge is 0.168 e. The monoisotopic (exact) mass is 299 g/mol. The maximum atomic E-state index is 12.1. The largest absolute Gasteiger partial charge is 0.511 e. The van der Waals surface area contributed by atoms with E-state index < -0.39 is 0 Å². The van der Waals surface area contributed by atoms with Gasteiger partial charge in [0, 0.05) is 19.1 Å². The van der Waals surface area contributed by atoms with Gasteiger partial charge >= 0.3 is 0 Å². The Labute approximate surface area is 130 Å². The summed E-state index contributed by atoms with van der Waals surface area (Å²) >= 11 is 0. The first kappa shape index (κ1) is 16.0. The Morgan fingerprint density at radius 1 is 1.32 bits per heavy atom. The molecule has 0 saturated heterocycles. The summed E-state index contributed by atoms with van der Waals surface area (Å²) in [7, 11) is 0. The number of hydrogen-bond donors (Lipinski definition) is 1. The van der Waals surface area contributed by atoms with Gasteiger partial charge in [-0.2, -0.15) is 0 Å². The average Bonchev–Trinajstić information content (AvgIpc) is 2.44. The molecule has 4 heteroatoms. The fourth-order valence-electron chi connectivity index (χ4n) is 2.37. The second-order valence-corrected chi connectivity index (χ2v) is 6.15. The zero-order chi connectivity index (χ0) is 16.2. The molecule has 0 fully saturated rings. The number of allylic oxidation sites excluding steroid dienone is 2. The van der Waals surface area contributed by atoms with E-state index >= 15 is 0 Å². The van der Waals surface area contributed by atoms with E-state index in [2.05, 4.69) is 11.6 Å². The van der Waals surface area contributed by atoms with Crippen molar-refractivity contribution >= 4 is 17.7 Å². The Balaban J connectivity index is 2.11. The minimum Gasteiger partial charge on any atom is -0.511 e. The molecule has 0 aromatic heterocycles. The maximum Gasteiger partial charge on any atom is 0.168 e. The number of hydrogen-bond acceptors (Lipinski definition) is 4. The quantitative estimate of drug-likeness (QED) is 0.656. The highest BCUT2D eigenvalue weighted by atomic mass is 16.5. The van der Waals surface area contributed by atoms with Crippen LogP contribution in [-0.2, 0) is 4.79 Å². The van der Waals surface area contributed by atoms with Crippen LogP contribution in [0.5, 0.6) is 5.75 Å². The summed E-state index contributed by atoms with van der Waals surface area (Å²) in [5, 5.41) is 10.0. The molecule has 0 radical (unpaired) electrons. The molecule has 0 bridgehead atoms. The number of carbonyl (C=O) groups is 1. The van der Waals surface area contributed by atoms with Crippen LogP contribution in [0.15, 0.2) is 53.2 Å². The second kappa shape index (κ2) is 6.60. The predicted octanol–water partition coefficient (Wildman–Crippen LogP) is 4.15. The lowest BCUT2D eigenvalue weighted by Gasteiger charge is -2.28. The van der Waals surface area contributed by atoms with Crippen molar-refractivity contribution in [1.82, 2.24) is 0 Å². The Hall–Kier alpha value is -2.36. The molecule has 0 heterocycles. The number of carbonyl (C=O) groups excluding carboxylic acids is 1. The van der Waals surface area contributed by atoms with Crippen LogP contribution >= 0.6 is 0 Å². The van der Waals surface area contributed by atoms with E-state index in [0.29, 0.717) is 30.7 Å². The number of aliphatic hydroxyl groups excluding tert-OH is 1. The van der Waals surface area contributed by atoms with E-state index in [4.69, 9.17) is 4.74 Å². The molecular weight excluding hydrogens is 278 g/mol. The van der Waals surface area contributed by atoms with Crippen molar-refractivity contribution < 1.29 is 14.6 Å². The first-order valence-electron chi connectivity index (χ1n) is 7.24. The normalized spacial score (nSPS) is 17.8. The fraction of sp³-hybridized carbons (Fsp3) is 0.333. The average molecular weight is 299 g/mol. The van der Waals surface area contributed by atoms with Crippen LogP contribution in [0.3, 0.4) is 0 Å². The van der Waals surface area contributed by atoms with Crippen molar-refractivity contribution in [3.63, 3.8) is 0 Å². The molecule has 0 amide bonds. The standard InChI is InChI=1S/C18H21NO3/c1-4-9-22-14-7-5-13(6-8-14)19-12-15-16(20)10-18(2,3)11-17(15)21/h4-8,12,20H,1,9-11H2,2-3H3. The molecule has 0 aliphatic heterocycles. The predicted molar refractivity (Wildman–Crippen MR) is 88.0 cm³/mol. The van der Waals surface area contributed by atoms with E-state index in [9.17, 15) is 9.90 Å². The molecule has 1 N–H and O–H groups in total. The summed E-state index contributed by atoms with van der Waals surface area (Å²) in [5.74, 6) is 0.788. The number of ether oxygens (including phenoxy) is 1. The van der Waals surface area contributed by atoms with Crippen LogP contribution < -0.4 is 4.74 Å². The Morgan fingerprint density at radius 3 is 2.59 bits per heavy atom. The first-order chi connectivity index (χ1) is 10.4. The number of Topliss-reactive ketones (excluding diaryl/α,β-unsaturated/α-hetero) is 1. The lowest BCUT2D eigenvalue weighted by molar-refractivity contribution is -0.117. The topological polar surface area (TPSA) is 58.9 Å². The number of nitrogens with zero attached hydrogens (tertiary/aromatic N) is 1. The molecule has 0 saturated carbocycles. The van der Waals surface area contributed by atoms with Gasteiger partial charge < -0.3 is 9.84 Å². The van der Waals surface area contributed by atoms with Crippen LogP contribution in [0, 0.1) is 5.41 Å². The summed E-state index contributed by atoms with van der Waals surface area (Å²) in [4.78, 5) is 16.3. The van der Waals surface area contributed by atoms with Gasteiger partial charge in [-0.25, -0.2) is 0 Å². The maximum absolute atomic E-state index is 12.1. The van der Waals surface area contributed by atoms with Crippen LogP contribution in [-0.4, -0.2) is 23.7 Å². The number of benzene rings is 1. The van der Waals surface area contributed by atoms with Crippen LogP contribution in [0.4, 0.5) is 5.69 Å². The highest BCUT2D eigenvalue weighted by Crippen LogP contribution is 2.35. The molecule has 0 unspecified atom stereocenters. The summed E-state index contributed by atoms with van der Waals surface area (Å²) < 4.78 is 5.39. The molecule has 2 rings (SSSR count). The van der Waals surface area contributed by atoms with Gasteiger partial charge in [-0.3, -0.25) is 9.79 Å². The zero-order valence-electron chi connectivity index (χ0n) is 13.0. The highest BCUT2D eigenvalue weighted by Gasteiger charge is 2.32. The van der Waals surface area contributed by atoms with Crippen molar-refractivity contribution in [2.24, 2.45) is 10.4 Å². The number of rotatable bonds is 5. The summed E-state index contributed by atoms with van der Waals surface area (Å²) in [5.41, 5.74) is 0.818. The molecular formula is C18H21NO3. The molecule has 1 aliphatic carbocycles. The minimum absolute atomic E-state index is 0.0663. The molecule has 22 heavy (non-hydrogen) atoms. The second-order valence-electron chi connectivity index (χ2n) is 6.15. The summed E-state index contributed by atoms with van der Waals surface area (Å²) in [6, 6.07) is 7.19. The zero-order valence-corrected chi connectivity index (χ0v) is 13.0. The van der Waals surface area contributed by atoms with Gasteiger partial charge in [0.15, 0.2) is 5.78 Å². The van der Waals surface area contributed by atoms with Crippen molar-refractivity contribution in [3.05, 3.63) is 48.3 Å². The summed E-state index contributed by atoms with van der Waals surface area (Å²) in [6.45, 7) is 7.98. The van der Waals surface area contributed by atoms with E-state index in [1.807, 2.05) is 13.8 Å². The van der Waals surface area contributed by atoms with E-state index in [1.165, 1.54) is 6.21 Å². The molecule has 0 spiro atoms. The Morgan fingerprint density at radius 2 is 2.00 bits per heavy atom. The van der Waals surface area contributed by atoms with Gasteiger partial charge in [0.25, 0.3) is 0 Å². The van der Waals surface area contributed by atoms with Crippen molar-refractivity contribution in [2.45, 2.75) is 26.7 Å². The van der Waals surface area contributed by atoms with E-state index in [0.717, 1.165) is 5.75 Å². The van der Waals surface area contributed by atoms with Crippen molar-refractivity contribution in [1.29, 1.82) is 0 Å². The molecule has 116 valence electrons. The van der Waals surface area contributed by atoms with Gasteiger partial charge in [-0.1, -0.05) is 26.5 Å².